The number of hydrogen-bond donors (Lipinski definition) is 2. The predicted molar refractivity (Wildman–Crippen MR) is 69.1 cm³/mol. The largest absolute Gasteiger partial charge is 0.366 e. The molecule has 5 heteroatoms. The molecule has 0 spiro atoms. The number of hydrogen-bond acceptors (Lipinski definition) is 4. The van der Waals surface area contributed by atoms with Gasteiger partial charge in [-0.15, -0.1) is 0 Å². The summed E-state index contributed by atoms with van der Waals surface area (Å²) >= 11 is 0. The van der Waals surface area contributed by atoms with Crippen LogP contribution in [0.4, 0.5) is 5.82 Å². The van der Waals surface area contributed by atoms with Crippen LogP contribution in [0.1, 0.15) is 21.9 Å². The van der Waals surface area contributed by atoms with E-state index in [0.717, 1.165) is 5.56 Å². The summed E-state index contributed by atoms with van der Waals surface area (Å²) in [4.78, 5) is 19.1. The highest BCUT2D eigenvalue weighted by Gasteiger charge is 2.06. The number of amides is 1. The Kier molecular flexibility index (Phi) is 3.52. The van der Waals surface area contributed by atoms with Crippen LogP contribution in [-0.4, -0.2) is 15.9 Å². The second-order valence-corrected chi connectivity index (χ2v) is 3.92. The van der Waals surface area contributed by atoms with Crippen molar-refractivity contribution in [2.75, 3.05) is 5.32 Å². The molecule has 1 heterocycles. The van der Waals surface area contributed by atoms with Crippen LogP contribution in [0.15, 0.2) is 36.4 Å². The average molecular weight is 242 g/mol. The van der Waals surface area contributed by atoms with E-state index in [4.69, 9.17) is 5.73 Å². The lowest BCUT2D eigenvalue weighted by Gasteiger charge is -2.07. The van der Waals surface area contributed by atoms with E-state index in [1.54, 1.807) is 13.0 Å². The number of carbonyl (C=O) groups excluding carboxylic acids is 1. The Labute approximate surface area is 105 Å². The van der Waals surface area contributed by atoms with E-state index in [0.29, 0.717) is 18.1 Å². The van der Waals surface area contributed by atoms with Gasteiger partial charge >= 0.3 is 0 Å². The first kappa shape index (κ1) is 12.0. The lowest BCUT2D eigenvalue weighted by molar-refractivity contribution is 0.0990. The maximum Gasteiger partial charge on any atom is 0.286 e. The van der Waals surface area contributed by atoms with Gasteiger partial charge in [-0.05, 0) is 12.5 Å². The first-order valence-corrected chi connectivity index (χ1v) is 5.58. The summed E-state index contributed by atoms with van der Waals surface area (Å²) in [5.74, 6) is 0.00664. The fourth-order valence-corrected chi connectivity index (χ4v) is 1.56. The predicted octanol–water partition coefficient (Wildman–Crippen LogP) is 1.50. The highest BCUT2D eigenvalue weighted by atomic mass is 16.1. The van der Waals surface area contributed by atoms with E-state index in [1.165, 1.54) is 0 Å². The highest BCUT2D eigenvalue weighted by Crippen LogP contribution is 2.08. The fraction of sp³-hybridized carbons (Fsp3) is 0.154. The lowest BCUT2D eigenvalue weighted by Crippen LogP contribution is -2.17. The van der Waals surface area contributed by atoms with Gasteiger partial charge in [0.2, 0.25) is 5.82 Å². The van der Waals surface area contributed by atoms with E-state index < -0.39 is 5.91 Å². The lowest BCUT2D eigenvalue weighted by atomic mass is 10.2. The van der Waals surface area contributed by atoms with Crippen LogP contribution in [0.25, 0.3) is 0 Å². The standard InChI is InChI=1S/C13H14N4O/c1-9-7-11(17-13(16-9)12(14)18)15-8-10-5-3-2-4-6-10/h2-7H,8H2,1H3,(H2,14,18)(H,15,16,17). The van der Waals surface area contributed by atoms with Gasteiger partial charge in [-0.2, -0.15) is 0 Å². The van der Waals surface area contributed by atoms with Crippen molar-refractivity contribution in [2.45, 2.75) is 13.5 Å². The van der Waals surface area contributed by atoms with Gasteiger partial charge in [0.05, 0.1) is 0 Å². The normalized spacial score (nSPS) is 10.1. The number of primary amides is 1. The number of aromatic nitrogens is 2. The zero-order chi connectivity index (χ0) is 13.0. The molecule has 0 fully saturated rings. The Morgan fingerprint density at radius 1 is 1.28 bits per heavy atom. The molecule has 1 aromatic heterocycles. The van der Waals surface area contributed by atoms with Gasteiger partial charge in [-0.1, -0.05) is 30.3 Å². The van der Waals surface area contributed by atoms with Crippen LogP contribution in [-0.2, 0) is 6.54 Å². The number of benzene rings is 1. The number of nitrogens with one attached hydrogen (secondary N) is 1. The molecule has 0 aliphatic heterocycles. The summed E-state index contributed by atoms with van der Waals surface area (Å²) in [5.41, 5.74) is 7.00. The average Bonchev–Trinajstić information content (AvgIpc) is 2.37. The Hall–Kier alpha value is -2.43. The minimum absolute atomic E-state index is 0.0329. The maximum absolute atomic E-state index is 11.0. The third-order valence-corrected chi connectivity index (χ3v) is 2.39. The Balaban J connectivity index is 2.12. The zero-order valence-electron chi connectivity index (χ0n) is 10.1. The van der Waals surface area contributed by atoms with E-state index in [2.05, 4.69) is 15.3 Å². The van der Waals surface area contributed by atoms with Crippen molar-refractivity contribution < 1.29 is 4.79 Å². The van der Waals surface area contributed by atoms with Crippen molar-refractivity contribution in [3.8, 4) is 0 Å². The highest BCUT2D eigenvalue weighted by molar-refractivity contribution is 5.89. The van der Waals surface area contributed by atoms with Gasteiger partial charge in [-0.25, -0.2) is 9.97 Å². The zero-order valence-corrected chi connectivity index (χ0v) is 10.1. The SMILES string of the molecule is Cc1cc(NCc2ccccc2)nc(C(N)=O)n1. The minimum atomic E-state index is -0.624. The molecule has 0 aliphatic rings. The quantitative estimate of drug-likeness (QED) is 0.851. The van der Waals surface area contributed by atoms with Crippen LogP contribution in [0, 0.1) is 6.92 Å². The molecular weight excluding hydrogens is 228 g/mol. The Morgan fingerprint density at radius 3 is 2.67 bits per heavy atom. The number of nitrogens with zero attached hydrogens (tertiary/aromatic N) is 2. The molecule has 5 nitrogen and oxygen atoms in total. The molecule has 0 aliphatic carbocycles. The van der Waals surface area contributed by atoms with Gasteiger partial charge in [-0.3, -0.25) is 4.79 Å². The van der Waals surface area contributed by atoms with Crippen molar-refractivity contribution >= 4 is 11.7 Å². The van der Waals surface area contributed by atoms with Gasteiger partial charge in [0.1, 0.15) is 5.82 Å². The van der Waals surface area contributed by atoms with Crippen LogP contribution in [0.3, 0.4) is 0 Å². The van der Waals surface area contributed by atoms with Crippen LogP contribution >= 0.6 is 0 Å². The maximum atomic E-state index is 11.0. The van der Waals surface area contributed by atoms with E-state index >= 15 is 0 Å². The van der Waals surface area contributed by atoms with Crippen molar-refractivity contribution in [1.29, 1.82) is 0 Å². The molecule has 18 heavy (non-hydrogen) atoms. The summed E-state index contributed by atoms with van der Waals surface area (Å²) in [6.45, 7) is 2.43. The first-order valence-electron chi connectivity index (χ1n) is 5.58. The molecule has 0 saturated heterocycles. The fourth-order valence-electron chi connectivity index (χ4n) is 1.56. The summed E-state index contributed by atoms with van der Waals surface area (Å²) in [6, 6.07) is 11.7. The summed E-state index contributed by atoms with van der Waals surface area (Å²) in [5, 5.41) is 3.14. The number of aryl methyl sites for hydroxylation is 1. The van der Waals surface area contributed by atoms with Crippen molar-refractivity contribution in [2.24, 2.45) is 5.73 Å². The molecule has 3 N–H and O–H groups in total. The van der Waals surface area contributed by atoms with Crippen LogP contribution in [0.5, 0.6) is 0 Å². The number of rotatable bonds is 4. The van der Waals surface area contributed by atoms with Crippen molar-refractivity contribution in [3.63, 3.8) is 0 Å². The van der Waals surface area contributed by atoms with E-state index in [9.17, 15) is 4.79 Å². The minimum Gasteiger partial charge on any atom is -0.366 e. The third-order valence-electron chi connectivity index (χ3n) is 2.39. The molecule has 0 unspecified atom stereocenters. The van der Waals surface area contributed by atoms with E-state index in [-0.39, 0.29) is 5.82 Å². The number of anilines is 1. The monoisotopic (exact) mass is 242 g/mol. The molecule has 1 amide bonds. The number of carbonyl (C=O) groups is 1. The summed E-state index contributed by atoms with van der Waals surface area (Å²) < 4.78 is 0. The first-order chi connectivity index (χ1) is 8.65. The molecular formula is C13H14N4O. The summed E-state index contributed by atoms with van der Waals surface area (Å²) in [6.07, 6.45) is 0. The molecule has 0 saturated carbocycles. The van der Waals surface area contributed by atoms with Crippen molar-refractivity contribution in [1.82, 2.24) is 9.97 Å². The molecule has 92 valence electrons. The molecule has 0 atom stereocenters. The summed E-state index contributed by atoms with van der Waals surface area (Å²) in [7, 11) is 0. The Bertz CT molecular complexity index is 554. The molecule has 1 aromatic carbocycles. The van der Waals surface area contributed by atoms with Crippen LogP contribution in [0.2, 0.25) is 0 Å². The smallest absolute Gasteiger partial charge is 0.286 e. The molecule has 2 aromatic rings. The van der Waals surface area contributed by atoms with Gasteiger partial charge < -0.3 is 11.1 Å². The van der Waals surface area contributed by atoms with Gasteiger partial charge in [0.25, 0.3) is 5.91 Å². The van der Waals surface area contributed by atoms with Gasteiger partial charge in [0.15, 0.2) is 0 Å². The topological polar surface area (TPSA) is 80.9 Å². The van der Waals surface area contributed by atoms with Crippen LogP contribution < -0.4 is 11.1 Å². The number of nitrogens with two attached hydrogens (primary N) is 1. The van der Waals surface area contributed by atoms with Gasteiger partial charge in [0, 0.05) is 18.3 Å². The second kappa shape index (κ2) is 5.27. The van der Waals surface area contributed by atoms with Crippen molar-refractivity contribution in [3.05, 3.63) is 53.5 Å². The van der Waals surface area contributed by atoms with E-state index in [1.807, 2.05) is 30.3 Å². The molecule has 2 rings (SSSR count). The third kappa shape index (κ3) is 3.04. The molecule has 0 radical (unpaired) electrons. The second-order valence-electron chi connectivity index (χ2n) is 3.92. The Morgan fingerprint density at radius 2 is 2.00 bits per heavy atom. The molecule has 0 bridgehead atoms.